The number of hydrogen-bond donors (Lipinski definition) is 1. The molecular weight excluding hydrogens is 468 g/mol. The highest BCUT2D eigenvalue weighted by atomic mass is 16.5. The number of methoxy groups -OCH3 is 2. The molecule has 7 nitrogen and oxygen atoms in total. The van der Waals surface area contributed by atoms with Crippen molar-refractivity contribution in [1.82, 2.24) is 0 Å². The molecule has 0 bridgehead atoms. The Bertz CT molecular complexity index is 1420. The molecule has 1 atom stereocenters. The van der Waals surface area contributed by atoms with Gasteiger partial charge in [-0.1, -0.05) is 45.0 Å². The predicted octanol–water partition coefficient (Wildman–Crippen LogP) is 5.50. The normalized spacial score (nSPS) is 17.0. The van der Waals surface area contributed by atoms with Gasteiger partial charge >= 0.3 is 0 Å². The minimum Gasteiger partial charge on any atom is -0.507 e. The number of carbonyl (C=O) groups is 2. The second kappa shape index (κ2) is 9.82. The summed E-state index contributed by atoms with van der Waals surface area (Å²) < 4.78 is 10.7. The standard InChI is InChI=1S/C30H28N2O5/c1-30(2,3)20-10-8-19(9-11-20)26-25(27(33)23-15-14-22(36-4)16-24(23)37-5)28(34)29(35)32(26)21-12-6-18(17-31)7-13-21/h6-16,26,33H,1-5H3/b27-25-. The summed E-state index contributed by atoms with van der Waals surface area (Å²) >= 11 is 0. The summed E-state index contributed by atoms with van der Waals surface area (Å²) in [5, 5.41) is 20.7. The first-order valence-electron chi connectivity index (χ1n) is 11.7. The number of ether oxygens (including phenoxy) is 2. The molecule has 37 heavy (non-hydrogen) atoms. The van der Waals surface area contributed by atoms with Crippen molar-refractivity contribution in [2.45, 2.75) is 32.2 Å². The Morgan fingerprint density at radius 3 is 2.14 bits per heavy atom. The summed E-state index contributed by atoms with van der Waals surface area (Å²) in [4.78, 5) is 28.2. The number of aliphatic hydroxyl groups is 1. The summed E-state index contributed by atoms with van der Waals surface area (Å²) in [6.07, 6.45) is 0. The molecule has 1 N–H and O–H groups in total. The maximum absolute atomic E-state index is 13.4. The average molecular weight is 497 g/mol. The van der Waals surface area contributed by atoms with Crippen molar-refractivity contribution in [3.8, 4) is 17.6 Å². The minimum absolute atomic E-state index is 0.0543. The van der Waals surface area contributed by atoms with E-state index in [-0.39, 0.29) is 22.3 Å². The lowest BCUT2D eigenvalue weighted by Gasteiger charge is -2.26. The first-order chi connectivity index (χ1) is 17.6. The largest absolute Gasteiger partial charge is 0.507 e. The van der Waals surface area contributed by atoms with E-state index >= 15 is 0 Å². The van der Waals surface area contributed by atoms with E-state index in [1.807, 2.05) is 24.3 Å². The highest BCUT2D eigenvalue weighted by Crippen LogP contribution is 2.44. The fourth-order valence-electron chi connectivity index (χ4n) is 4.42. The fraction of sp³-hybridized carbons (Fsp3) is 0.233. The van der Waals surface area contributed by atoms with Crippen LogP contribution in [0.3, 0.4) is 0 Å². The molecule has 0 aliphatic carbocycles. The molecule has 7 heteroatoms. The molecule has 1 aliphatic heterocycles. The van der Waals surface area contributed by atoms with Crippen molar-refractivity contribution in [2.75, 3.05) is 19.1 Å². The number of nitrogens with zero attached hydrogens (tertiary/aromatic N) is 2. The maximum atomic E-state index is 13.4. The van der Waals surface area contributed by atoms with Crippen LogP contribution in [0.4, 0.5) is 5.69 Å². The third-order valence-corrected chi connectivity index (χ3v) is 6.48. The van der Waals surface area contributed by atoms with Gasteiger partial charge in [-0.3, -0.25) is 14.5 Å². The van der Waals surface area contributed by atoms with Gasteiger partial charge < -0.3 is 14.6 Å². The van der Waals surface area contributed by atoms with Crippen LogP contribution >= 0.6 is 0 Å². The van der Waals surface area contributed by atoms with E-state index in [0.717, 1.165) is 5.56 Å². The maximum Gasteiger partial charge on any atom is 0.300 e. The molecule has 1 amide bonds. The molecule has 0 radical (unpaired) electrons. The Morgan fingerprint density at radius 2 is 1.59 bits per heavy atom. The molecule has 1 unspecified atom stereocenters. The molecule has 1 heterocycles. The lowest BCUT2D eigenvalue weighted by atomic mass is 9.85. The zero-order valence-corrected chi connectivity index (χ0v) is 21.4. The number of nitriles is 1. The van der Waals surface area contributed by atoms with Crippen LogP contribution in [0.15, 0.2) is 72.3 Å². The predicted molar refractivity (Wildman–Crippen MR) is 141 cm³/mol. The zero-order valence-electron chi connectivity index (χ0n) is 21.4. The molecule has 1 aliphatic rings. The number of aliphatic hydroxyl groups excluding tert-OH is 1. The summed E-state index contributed by atoms with van der Waals surface area (Å²) in [7, 11) is 2.96. The number of Topliss-reactive ketones (excluding diaryl/α,β-unsaturated/α-hetero) is 1. The van der Waals surface area contributed by atoms with Gasteiger partial charge in [0.1, 0.15) is 17.3 Å². The van der Waals surface area contributed by atoms with Gasteiger partial charge in [0.25, 0.3) is 11.7 Å². The monoisotopic (exact) mass is 496 g/mol. The molecule has 0 saturated carbocycles. The van der Waals surface area contributed by atoms with E-state index in [4.69, 9.17) is 9.47 Å². The third kappa shape index (κ3) is 4.66. The zero-order chi connectivity index (χ0) is 26.9. The molecule has 0 aromatic heterocycles. The van der Waals surface area contributed by atoms with E-state index in [9.17, 15) is 20.0 Å². The van der Waals surface area contributed by atoms with Crippen molar-refractivity contribution < 1.29 is 24.2 Å². The Hall–Kier alpha value is -4.57. The first-order valence-corrected chi connectivity index (χ1v) is 11.7. The topological polar surface area (TPSA) is 99.9 Å². The number of rotatable bonds is 5. The SMILES string of the molecule is COc1ccc(/C(O)=C2/C(=O)C(=O)N(c3ccc(C#N)cc3)C2c2ccc(C(C)(C)C)cc2)c(OC)c1. The van der Waals surface area contributed by atoms with Crippen LogP contribution in [0, 0.1) is 11.3 Å². The fourth-order valence-corrected chi connectivity index (χ4v) is 4.42. The summed E-state index contributed by atoms with van der Waals surface area (Å²) in [6, 6.07) is 20.0. The van der Waals surface area contributed by atoms with Crippen LogP contribution < -0.4 is 14.4 Å². The van der Waals surface area contributed by atoms with E-state index in [1.54, 1.807) is 42.5 Å². The molecule has 188 valence electrons. The Labute approximate surface area is 216 Å². The van der Waals surface area contributed by atoms with E-state index in [2.05, 4.69) is 26.8 Å². The summed E-state index contributed by atoms with van der Waals surface area (Å²) in [5.74, 6) is -1.13. The van der Waals surface area contributed by atoms with Crippen LogP contribution in [0.1, 0.15) is 49.1 Å². The number of anilines is 1. The number of amides is 1. The van der Waals surface area contributed by atoms with Crippen molar-refractivity contribution in [1.29, 1.82) is 5.26 Å². The van der Waals surface area contributed by atoms with Gasteiger partial charge in [0.2, 0.25) is 0 Å². The molecule has 1 fully saturated rings. The van der Waals surface area contributed by atoms with Gasteiger partial charge in [-0.2, -0.15) is 5.26 Å². The smallest absolute Gasteiger partial charge is 0.300 e. The second-order valence-corrected chi connectivity index (χ2v) is 9.77. The van der Waals surface area contributed by atoms with Crippen LogP contribution in [-0.2, 0) is 15.0 Å². The molecule has 1 saturated heterocycles. The van der Waals surface area contributed by atoms with Gasteiger partial charge in [0.15, 0.2) is 0 Å². The molecular formula is C30H28N2O5. The highest BCUT2D eigenvalue weighted by molar-refractivity contribution is 6.51. The van der Waals surface area contributed by atoms with Crippen LogP contribution in [0.2, 0.25) is 0 Å². The second-order valence-electron chi connectivity index (χ2n) is 9.77. The lowest BCUT2D eigenvalue weighted by molar-refractivity contribution is -0.132. The number of benzene rings is 3. The average Bonchev–Trinajstić information content (AvgIpc) is 3.17. The van der Waals surface area contributed by atoms with Crippen molar-refractivity contribution >= 4 is 23.1 Å². The van der Waals surface area contributed by atoms with Crippen molar-refractivity contribution in [2.24, 2.45) is 0 Å². The Morgan fingerprint density at radius 1 is 0.946 bits per heavy atom. The summed E-state index contributed by atoms with van der Waals surface area (Å²) in [6.45, 7) is 6.29. The summed E-state index contributed by atoms with van der Waals surface area (Å²) in [5.41, 5.74) is 2.72. The minimum atomic E-state index is -0.895. The molecule has 4 rings (SSSR count). The molecule has 3 aromatic carbocycles. The lowest BCUT2D eigenvalue weighted by Crippen LogP contribution is -2.29. The third-order valence-electron chi connectivity index (χ3n) is 6.48. The van der Waals surface area contributed by atoms with Gasteiger partial charge in [-0.25, -0.2) is 0 Å². The van der Waals surface area contributed by atoms with Gasteiger partial charge in [0, 0.05) is 11.8 Å². The number of hydrogen-bond acceptors (Lipinski definition) is 6. The first kappa shape index (κ1) is 25.5. The van der Waals surface area contributed by atoms with Gasteiger partial charge in [-0.05, 0) is 52.9 Å². The Kier molecular flexibility index (Phi) is 6.78. The highest BCUT2D eigenvalue weighted by Gasteiger charge is 2.47. The van der Waals surface area contributed by atoms with Crippen LogP contribution in [-0.4, -0.2) is 31.0 Å². The van der Waals surface area contributed by atoms with Crippen molar-refractivity contribution in [3.05, 3.63) is 94.6 Å². The van der Waals surface area contributed by atoms with Crippen LogP contribution in [0.5, 0.6) is 11.5 Å². The van der Waals surface area contributed by atoms with E-state index in [1.165, 1.54) is 19.1 Å². The molecule has 3 aromatic rings. The number of carbonyl (C=O) groups excluding carboxylic acids is 2. The van der Waals surface area contributed by atoms with E-state index in [0.29, 0.717) is 28.3 Å². The quantitative estimate of drug-likeness (QED) is 0.284. The van der Waals surface area contributed by atoms with Gasteiger partial charge in [0.05, 0.1) is 43.0 Å². The van der Waals surface area contributed by atoms with Crippen molar-refractivity contribution in [3.63, 3.8) is 0 Å². The van der Waals surface area contributed by atoms with E-state index < -0.39 is 17.7 Å². The molecule has 0 spiro atoms. The van der Waals surface area contributed by atoms with Gasteiger partial charge in [-0.15, -0.1) is 0 Å². The number of ketones is 1. The van der Waals surface area contributed by atoms with Crippen LogP contribution in [0.25, 0.3) is 5.76 Å². The Balaban J connectivity index is 1.95.